The number of methoxy groups -OCH3 is 1. The van der Waals surface area contributed by atoms with Gasteiger partial charge in [0.1, 0.15) is 36.3 Å². The average Bonchev–Trinajstić information content (AvgIpc) is 2.91. The van der Waals surface area contributed by atoms with E-state index < -0.39 is 54.9 Å². The Balaban J connectivity index is 1.69. The predicted molar refractivity (Wildman–Crippen MR) is 147 cm³/mol. The molecule has 0 amide bonds. The van der Waals surface area contributed by atoms with E-state index in [1.54, 1.807) is 52.0 Å². The lowest BCUT2D eigenvalue weighted by Crippen LogP contribution is -2.60. The van der Waals surface area contributed by atoms with Gasteiger partial charge < -0.3 is 43.7 Å². The first-order valence-corrected chi connectivity index (χ1v) is 13.4. The van der Waals surface area contributed by atoms with Gasteiger partial charge in [0.05, 0.1) is 22.2 Å². The number of rotatable bonds is 10. The quantitative estimate of drug-likeness (QED) is 0.338. The first kappa shape index (κ1) is 32.9. The Morgan fingerprint density at radius 1 is 1.07 bits per heavy atom. The second-order valence-corrected chi connectivity index (χ2v) is 11.1. The number of aliphatic hydroxyl groups excluding tert-OH is 3. The first-order valence-electron chi connectivity index (χ1n) is 12.7. The van der Waals surface area contributed by atoms with Crippen molar-refractivity contribution in [2.75, 3.05) is 20.3 Å². The summed E-state index contributed by atoms with van der Waals surface area (Å²) >= 11 is 12.9. The normalized spacial score (nSPS) is 22.6. The minimum absolute atomic E-state index is 0.00860. The van der Waals surface area contributed by atoms with Crippen molar-refractivity contribution in [3.63, 3.8) is 0 Å². The highest BCUT2D eigenvalue weighted by Gasteiger charge is 2.47. The van der Waals surface area contributed by atoms with E-state index in [1.807, 2.05) is 0 Å². The first-order chi connectivity index (χ1) is 19.2. The van der Waals surface area contributed by atoms with Crippen LogP contribution in [0.3, 0.4) is 0 Å². The summed E-state index contributed by atoms with van der Waals surface area (Å²) in [6, 6.07) is 8.19. The summed E-state index contributed by atoms with van der Waals surface area (Å²) in [7, 11) is 1.26. The van der Waals surface area contributed by atoms with E-state index in [2.05, 4.69) is 0 Å². The molecular formula is C28H34Cl2O11. The topological polar surface area (TPSA) is 150 Å². The molecular weight excluding hydrogens is 583 g/mol. The molecule has 2 aromatic carbocycles. The zero-order chi connectivity index (χ0) is 30.5. The van der Waals surface area contributed by atoms with E-state index in [0.717, 1.165) is 0 Å². The number of halogens is 2. The molecule has 1 aliphatic rings. The summed E-state index contributed by atoms with van der Waals surface area (Å²) < 4.78 is 32.5. The number of hydrogen-bond acceptors (Lipinski definition) is 11. The molecule has 2 aromatic rings. The van der Waals surface area contributed by atoms with E-state index in [1.165, 1.54) is 13.2 Å². The lowest BCUT2D eigenvalue weighted by atomic mass is 9.99. The third kappa shape index (κ3) is 8.45. The predicted octanol–water partition coefficient (Wildman–Crippen LogP) is 3.21. The SMILES string of the molecule is CO[C@H]1O[C@H](CO)[C@@H](O)[C@H](O)[C@H]1OC(=O)c1cc(Cl)c(OCc2cccc(OCC(=O)OC(C)(C)C)c2)c(Cl)c1C. The van der Waals surface area contributed by atoms with E-state index in [0.29, 0.717) is 16.9 Å². The van der Waals surface area contributed by atoms with Gasteiger partial charge >= 0.3 is 11.9 Å². The number of hydrogen-bond donors (Lipinski definition) is 3. The van der Waals surface area contributed by atoms with Gasteiger partial charge in [-0.2, -0.15) is 0 Å². The van der Waals surface area contributed by atoms with E-state index >= 15 is 0 Å². The van der Waals surface area contributed by atoms with E-state index in [-0.39, 0.29) is 34.6 Å². The maximum atomic E-state index is 13.0. The molecule has 0 aromatic heterocycles. The summed E-state index contributed by atoms with van der Waals surface area (Å²) in [6.07, 6.45) is -6.87. The maximum absolute atomic E-state index is 13.0. The van der Waals surface area contributed by atoms with Crippen LogP contribution in [0.15, 0.2) is 30.3 Å². The molecule has 3 N–H and O–H groups in total. The molecule has 0 spiro atoms. The largest absolute Gasteiger partial charge is 0.486 e. The molecule has 5 atom stereocenters. The van der Waals surface area contributed by atoms with Crippen molar-refractivity contribution < 1.29 is 53.3 Å². The van der Waals surface area contributed by atoms with Gasteiger partial charge in [0, 0.05) is 7.11 Å². The Labute approximate surface area is 247 Å². The van der Waals surface area contributed by atoms with Crippen molar-refractivity contribution in [1.29, 1.82) is 0 Å². The van der Waals surface area contributed by atoms with Crippen molar-refractivity contribution in [2.24, 2.45) is 0 Å². The summed E-state index contributed by atoms with van der Waals surface area (Å²) in [5.41, 5.74) is 0.352. The Hall–Kier alpha value is -2.64. The molecule has 3 rings (SSSR count). The molecule has 1 saturated heterocycles. The van der Waals surface area contributed by atoms with Crippen LogP contribution in [0.4, 0.5) is 0 Å². The maximum Gasteiger partial charge on any atom is 0.344 e. The van der Waals surface area contributed by atoms with Crippen molar-refractivity contribution in [2.45, 2.75) is 70.6 Å². The third-order valence-electron chi connectivity index (χ3n) is 6.00. The highest BCUT2D eigenvalue weighted by atomic mass is 35.5. The fourth-order valence-electron chi connectivity index (χ4n) is 3.99. The number of aliphatic hydroxyl groups is 3. The molecule has 1 heterocycles. The van der Waals surface area contributed by atoms with Crippen molar-refractivity contribution in [3.8, 4) is 11.5 Å². The van der Waals surface area contributed by atoms with Crippen molar-refractivity contribution in [1.82, 2.24) is 0 Å². The highest BCUT2D eigenvalue weighted by molar-refractivity contribution is 6.38. The zero-order valence-corrected chi connectivity index (χ0v) is 24.8. The van der Waals surface area contributed by atoms with Crippen LogP contribution < -0.4 is 9.47 Å². The van der Waals surface area contributed by atoms with Gasteiger partial charge in [0.15, 0.2) is 24.8 Å². The molecule has 0 saturated carbocycles. The number of benzene rings is 2. The summed E-state index contributed by atoms with van der Waals surface area (Å²) in [6.45, 7) is 6.06. The van der Waals surface area contributed by atoms with Gasteiger partial charge in [-0.15, -0.1) is 0 Å². The van der Waals surface area contributed by atoms with Crippen LogP contribution in [-0.4, -0.2) is 83.9 Å². The molecule has 0 radical (unpaired) electrons. The monoisotopic (exact) mass is 616 g/mol. The number of esters is 2. The van der Waals surface area contributed by atoms with E-state index in [9.17, 15) is 24.9 Å². The average molecular weight is 617 g/mol. The van der Waals surface area contributed by atoms with Gasteiger partial charge in [0.25, 0.3) is 0 Å². The van der Waals surface area contributed by atoms with E-state index in [4.69, 9.17) is 51.6 Å². The van der Waals surface area contributed by atoms with Crippen LogP contribution in [0.25, 0.3) is 0 Å². The molecule has 13 heteroatoms. The van der Waals surface area contributed by atoms with Crippen LogP contribution in [-0.2, 0) is 30.3 Å². The molecule has 226 valence electrons. The fraction of sp³-hybridized carbons (Fsp3) is 0.500. The van der Waals surface area contributed by atoms with Gasteiger partial charge in [-0.25, -0.2) is 9.59 Å². The molecule has 0 bridgehead atoms. The summed E-state index contributed by atoms with van der Waals surface area (Å²) in [5.74, 6) is -0.848. The smallest absolute Gasteiger partial charge is 0.344 e. The standard InChI is InChI=1S/C28H34Cl2O11/c1-14-17(26(35)40-25-23(34)22(33)19(11-31)39-27(25)36-5)10-18(29)24(21(14)30)38-12-15-7-6-8-16(9-15)37-13-20(32)41-28(2,3)4/h6-10,19,22-23,25,27,31,33-34H,11-13H2,1-5H3/t19-,22-,23+,25-,27+/m1/s1. The number of ether oxygens (including phenoxy) is 6. The zero-order valence-electron chi connectivity index (χ0n) is 23.3. The molecule has 0 unspecified atom stereocenters. The Bertz CT molecular complexity index is 1230. The molecule has 41 heavy (non-hydrogen) atoms. The minimum atomic E-state index is -1.59. The van der Waals surface area contributed by atoms with Gasteiger partial charge in [-0.3, -0.25) is 0 Å². The second-order valence-electron chi connectivity index (χ2n) is 10.3. The number of carbonyl (C=O) groups is 2. The highest BCUT2D eigenvalue weighted by Crippen LogP contribution is 2.39. The lowest BCUT2D eigenvalue weighted by molar-refractivity contribution is -0.293. The third-order valence-corrected chi connectivity index (χ3v) is 6.73. The van der Waals surface area contributed by atoms with Gasteiger partial charge in [-0.05, 0) is 57.0 Å². The van der Waals surface area contributed by atoms with Gasteiger partial charge in [0.2, 0.25) is 0 Å². The lowest BCUT2D eigenvalue weighted by Gasteiger charge is -2.40. The van der Waals surface area contributed by atoms with Crippen molar-refractivity contribution in [3.05, 3.63) is 57.1 Å². The fourth-order valence-corrected chi connectivity index (χ4v) is 4.56. The van der Waals surface area contributed by atoms with Crippen LogP contribution in [0.2, 0.25) is 10.0 Å². The van der Waals surface area contributed by atoms with Crippen molar-refractivity contribution >= 4 is 35.1 Å². The minimum Gasteiger partial charge on any atom is -0.486 e. The van der Waals surface area contributed by atoms with Gasteiger partial charge in [-0.1, -0.05) is 35.3 Å². The Kier molecular flexibility index (Phi) is 11.2. The summed E-state index contributed by atoms with van der Waals surface area (Å²) in [5, 5.41) is 30.1. The Morgan fingerprint density at radius 3 is 2.41 bits per heavy atom. The summed E-state index contributed by atoms with van der Waals surface area (Å²) in [4.78, 5) is 25.0. The molecule has 0 aliphatic carbocycles. The van der Waals surface area contributed by atoms with Crippen LogP contribution in [0.1, 0.15) is 42.3 Å². The molecule has 1 aliphatic heterocycles. The Morgan fingerprint density at radius 2 is 1.78 bits per heavy atom. The van der Waals surface area contributed by atoms with Crippen LogP contribution in [0, 0.1) is 6.92 Å². The van der Waals surface area contributed by atoms with Crippen LogP contribution >= 0.6 is 23.2 Å². The second kappa shape index (κ2) is 14.0. The molecule has 11 nitrogen and oxygen atoms in total. The molecule has 1 fully saturated rings. The van der Waals surface area contributed by atoms with Crippen LogP contribution in [0.5, 0.6) is 11.5 Å². The number of carbonyl (C=O) groups excluding carboxylic acids is 2.